The van der Waals surface area contributed by atoms with E-state index < -0.39 is 23.5 Å². The number of fused-ring (bicyclic) bond motifs is 2. The number of pyridine rings is 1. The summed E-state index contributed by atoms with van der Waals surface area (Å²) in [6.45, 7) is 0.337. The average Bonchev–Trinajstić information content (AvgIpc) is 3.14. The van der Waals surface area contributed by atoms with Gasteiger partial charge >= 0.3 is 12.4 Å². The van der Waals surface area contributed by atoms with Gasteiger partial charge in [0, 0.05) is 28.0 Å². The number of aromatic amines is 1. The van der Waals surface area contributed by atoms with Gasteiger partial charge < -0.3 is 15.5 Å². The molecule has 0 radical (unpaired) electrons. The Bertz CT molecular complexity index is 1340. The number of halogens is 6. The van der Waals surface area contributed by atoms with E-state index in [1.807, 2.05) is 0 Å². The van der Waals surface area contributed by atoms with E-state index in [1.165, 1.54) is 7.11 Å². The fourth-order valence-electron chi connectivity index (χ4n) is 4.26. The minimum absolute atomic E-state index is 0.175. The van der Waals surface area contributed by atoms with E-state index in [9.17, 15) is 26.3 Å². The Morgan fingerprint density at radius 2 is 1.76 bits per heavy atom. The Kier molecular flexibility index (Phi) is 6.20. The van der Waals surface area contributed by atoms with Gasteiger partial charge in [0.1, 0.15) is 5.75 Å². The minimum Gasteiger partial charge on any atom is -0.496 e. The molecule has 10 heteroatoms. The van der Waals surface area contributed by atoms with Gasteiger partial charge in [0.05, 0.1) is 29.4 Å². The smallest absolute Gasteiger partial charge is 0.417 e. The van der Waals surface area contributed by atoms with Gasteiger partial charge in [-0.2, -0.15) is 26.3 Å². The molecule has 34 heavy (non-hydrogen) atoms. The van der Waals surface area contributed by atoms with Crippen LogP contribution in [-0.2, 0) is 18.8 Å². The van der Waals surface area contributed by atoms with Gasteiger partial charge in [0.25, 0.3) is 0 Å². The van der Waals surface area contributed by atoms with E-state index in [4.69, 9.17) is 10.5 Å². The lowest BCUT2D eigenvalue weighted by Crippen LogP contribution is -2.11. The predicted octanol–water partition coefficient (Wildman–Crippen LogP) is 6.71. The number of hydrogen-bond acceptors (Lipinski definition) is 3. The minimum atomic E-state index is -4.99. The van der Waals surface area contributed by atoms with Crippen molar-refractivity contribution in [3.63, 3.8) is 0 Å². The standard InChI is InChI=1S/C24H21F6N3O/c1-34-19-8-7-17-14(6-4-10-32-17)21(19)22-15(5-2-3-9-31)20-16(24(28,29)30)11-13(23(25,26)27)12-18(20)33-22/h4,6-8,10-12,33H,2-3,5,9,31H2,1H3. The molecule has 2 heterocycles. The molecular formula is C24H21F6N3O. The predicted molar refractivity (Wildman–Crippen MR) is 118 cm³/mol. The number of benzene rings is 2. The van der Waals surface area contributed by atoms with Gasteiger partial charge in [-0.25, -0.2) is 0 Å². The van der Waals surface area contributed by atoms with E-state index in [0.29, 0.717) is 41.6 Å². The Balaban J connectivity index is 2.13. The maximum atomic E-state index is 14.0. The van der Waals surface area contributed by atoms with Gasteiger partial charge in [-0.3, -0.25) is 4.98 Å². The summed E-state index contributed by atoms with van der Waals surface area (Å²) in [4.78, 5) is 7.15. The van der Waals surface area contributed by atoms with Crippen LogP contribution in [0.15, 0.2) is 42.6 Å². The molecular weight excluding hydrogens is 460 g/mol. The summed E-state index contributed by atoms with van der Waals surface area (Å²) in [7, 11) is 1.42. The maximum absolute atomic E-state index is 14.0. The lowest BCUT2D eigenvalue weighted by atomic mass is 9.94. The number of nitrogens with two attached hydrogens (primary N) is 1. The summed E-state index contributed by atoms with van der Waals surface area (Å²) in [6.07, 6.45) is -7.18. The third kappa shape index (κ3) is 4.29. The van der Waals surface area contributed by atoms with Crippen LogP contribution < -0.4 is 10.5 Å². The highest BCUT2D eigenvalue weighted by molar-refractivity contribution is 6.03. The van der Waals surface area contributed by atoms with Gasteiger partial charge in [-0.15, -0.1) is 0 Å². The Morgan fingerprint density at radius 3 is 2.41 bits per heavy atom. The van der Waals surface area contributed by atoms with Crippen LogP contribution in [0.4, 0.5) is 26.3 Å². The molecule has 4 nitrogen and oxygen atoms in total. The first-order chi connectivity index (χ1) is 16.1. The number of hydrogen-bond donors (Lipinski definition) is 2. The fourth-order valence-corrected chi connectivity index (χ4v) is 4.26. The molecule has 4 rings (SSSR count). The number of rotatable bonds is 6. The first-order valence-corrected chi connectivity index (χ1v) is 10.5. The molecule has 0 fully saturated rings. The number of unbranched alkanes of at least 4 members (excludes halogenated alkanes) is 1. The molecule has 0 saturated carbocycles. The molecule has 0 aliphatic heterocycles. The van der Waals surface area contributed by atoms with Crippen molar-refractivity contribution in [3.05, 3.63) is 59.3 Å². The molecule has 3 N–H and O–H groups in total. The van der Waals surface area contributed by atoms with E-state index in [0.717, 1.165) is 6.07 Å². The van der Waals surface area contributed by atoms with Crippen molar-refractivity contribution < 1.29 is 31.1 Å². The highest BCUT2D eigenvalue weighted by Crippen LogP contribution is 2.46. The van der Waals surface area contributed by atoms with Crippen molar-refractivity contribution in [2.75, 3.05) is 13.7 Å². The lowest BCUT2D eigenvalue weighted by molar-refractivity contribution is -0.142. The molecule has 2 aromatic carbocycles. The quantitative estimate of drug-likeness (QED) is 0.238. The van der Waals surface area contributed by atoms with E-state index >= 15 is 0 Å². The normalized spacial score (nSPS) is 12.6. The van der Waals surface area contributed by atoms with Gasteiger partial charge in [-0.05, 0) is 61.7 Å². The van der Waals surface area contributed by atoms with Crippen molar-refractivity contribution in [3.8, 4) is 17.0 Å². The third-order valence-corrected chi connectivity index (χ3v) is 5.73. The van der Waals surface area contributed by atoms with Crippen LogP contribution in [-0.4, -0.2) is 23.6 Å². The van der Waals surface area contributed by atoms with Crippen LogP contribution in [0.5, 0.6) is 5.75 Å². The zero-order chi connectivity index (χ0) is 24.7. The van der Waals surface area contributed by atoms with Gasteiger partial charge in [0.2, 0.25) is 0 Å². The number of ether oxygens (including phenoxy) is 1. The maximum Gasteiger partial charge on any atom is 0.417 e. The molecule has 0 aliphatic carbocycles. The molecule has 0 aliphatic rings. The first-order valence-electron chi connectivity index (χ1n) is 10.5. The summed E-state index contributed by atoms with van der Waals surface area (Å²) in [6, 6.07) is 7.64. The number of nitrogens with zero attached hydrogens (tertiary/aromatic N) is 1. The van der Waals surface area contributed by atoms with Crippen LogP contribution in [0.1, 0.15) is 29.5 Å². The van der Waals surface area contributed by atoms with E-state index in [1.54, 1.807) is 30.5 Å². The molecule has 0 spiro atoms. The molecule has 0 unspecified atom stereocenters. The zero-order valence-electron chi connectivity index (χ0n) is 18.1. The molecule has 2 aromatic heterocycles. The van der Waals surface area contributed by atoms with Crippen molar-refractivity contribution >= 4 is 21.8 Å². The van der Waals surface area contributed by atoms with Crippen LogP contribution >= 0.6 is 0 Å². The lowest BCUT2D eigenvalue weighted by Gasteiger charge is -2.15. The highest BCUT2D eigenvalue weighted by Gasteiger charge is 2.39. The topological polar surface area (TPSA) is 63.9 Å². The van der Waals surface area contributed by atoms with E-state index in [-0.39, 0.29) is 34.6 Å². The number of nitrogens with one attached hydrogen (secondary N) is 1. The molecule has 0 bridgehead atoms. The van der Waals surface area contributed by atoms with Crippen LogP contribution in [0.25, 0.3) is 33.1 Å². The van der Waals surface area contributed by atoms with Crippen molar-refractivity contribution in [2.45, 2.75) is 31.6 Å². The summed E-state index contributed by atoms with van der Waals surface area (Å²) in [5, 5.41) is 0.313. The number of methoxy groups -OCH3 is 1. The van der Waals surface area contributed by atoms with Crippen molar-refractivity contribution in [1.82, 2.24) is 9.97 Å². The van der Waals surface area contributed by atoms with Gasteiger partial charge in [-0.1, -0.05) is 6.07 Å². The third-order valence-electron chi connectivity index (χ3n) is 5.73. The van der Waals surface area contributed by atoms with Crippen LogP contribution in [0, 0.1) is 0 Å². The Morgan fingerprint density at radius 1 is 1.00 bits per heavy atom. The van der Waals surface area contributed by atoms with Crippen molar-refractivity contribution in [2.24, 2.45) is 5.73 Å². The Hall–Kier alpha value is -3.27. The second kappa shape index (κ2) is 8.83. The Labute approximate surface area is 190 Å². The second-order valence-electron chi connectivity index (χ2n) is 7.88. The van der Waals surface area contributed by atoms with Gasteiger partial charge in [0.15, 0.2) is 0 Å². The molecule has 0 amide bonds. The number of aryl methyl sites for hydroxylation is 1. The average molecular weight is 481 g/mol. The molecule has 0 saturated heterocycles. The number of aromatic nitrogens is 2. The van der Waals surface area contributed by atoms with Crippen LogP contribution in [0.3, 0.4) is 0 Å². The monoisotopic (exact) mass is 481 g/mol. The largest absolute Gasteiger partial charge is 0.496 e. The fraction of sp³-hybridized carbons (Fsp3) is 0.292. The summed E-state index contributed by atoms with van der Waals surface area (Å²) >= 11 is 0. The molecule has 180 valence electrons. The van der Waals surface area contributed by atoms with E-state index in [2.05, 4.69) is 9.97 Å². The zero-order valence-corrected chi connectivity index (χ0v) is 18.1. The summed E-state index contributed by atoms with van der Waals surface area (Å²) < 4.78 is 88.0. The molecule has 0 atom stereocenters. The SMILES string of the molecule is COc1ccc2ncccc2c1-c1[nH]c2cc(C(F)(F)F)cc(C(F)(F)F)c2c1CCCCN. The number of H-pyrrole nitrogens is 1. The highest BCUT2D eigenvalue weighted by atomic mass is 19.4. The molecule has 4 aromatic rings. The van der Waals surface area contributed by atoms with Crippen LogP contribution in [0.2, 0.25) is 0 Å². The summed E-state index contributed by atoms with van der Waals surface area (Å²) in [5.41, 5.74) is 4.16. The summed E-state index contributed by atoms with van der Waals surface area (Å²) in [5.74, 6) is 0.358. The first kappa shape index (κ1) is 23.9. The van der Waals surface area contributed by atoms with Crippen molar-refractivity contribution in [1.29, 1.82) is 0 Å². The second-order valence-corrected chi connectivity index (χ2v) is 7.88. The number of alkyl halides is 6.